The minimum absolute atomic E-state index is 0.117. The summed E-state index contributed by atoms with van der Waals surface area (Å²) >= 11 is 0. The quantitative estimate of drug-likeness (QED) is 0.585. The number of hydrogen-bond donors (Lipinski definition) is 2. The van der Waals surface area contributed by atoms with Crippen LogP contribution in [0.1, 0.15) is 37.0 Å². The van der Waals surface area contributed by atoms with Crippen molar-refractivity contribution in [3.8, 4) is 0 Å². The summed E-state index contributed by atoms with van der Waals surface area (Å²) in [7, 11) is 0. The van der Waals surface area contributed by atoms with Crippen molar-refractivity contribution in [3.63, 3.8) is 0 Å². The van der Waals surface area contributed by atoms with Gasteiger partial charge in [-0.15, -0.1) is 0 Å². The molecule has 0 saturated heterocycles. The average Bonchev–Trinajstić information content (AvgIpc) is 2.39. The third kappa shape index (κ3) is 4.95. The number of nitrogens with one attached hydrogen (secondary N) is 1. The molecule has 0 aliphatic rings. The fourth-order valence-corrected chi connectivity index (χ4v) is 1.64. The molecular formula is C15H19NO3. The minimum atomic E-state index is -0.936. The maximum Gasteiger partial charge on any atom is 0.325 e. The molecule has 0 amide bonds. The number of carbonyl (C=O) groups is 2. The summed E-state index contributed by atoms with van der Waals surface area (Å²) < 4.78 is 0. The van der Waals surface area contributed by atoms with Crippen LogP contribution in [0.3, 0.4) is 0 Å². The predicted octanol–water partition coefficient (Wildman–Crippen LogP) is 2.62. The first-order valence-electron chi connectivity index (χ1n) is 6.34. The number of carboxylic acid groups (broad SMARTS) is 1. The van der Waals surface area contributed by atoms with E-state index >= 15 is 0 Å². The van der Waals surface area contributed by atoms with Crippen molar-refractivity contribution in [1.82, 2.24) is 5.32 Å². The van der Waals surface area contributed by atoms with Crippen molar-refractivity contribution in [3.05, 3.63) is 47.7 Å². The number of carbonyl (C=O) groups excluding carboxylic acids is 1. The van der Waals surface area contributed by atoms with E-state index in [1.165, 1.54) is 6.08 Å². The molecule has 0 radical (unpaired) electrons. The highest BCUT2D eigenvalue weighted by Crippen LogP contribution is 2.07. The Balaban J connectivity index is 2.83. The van der Waals surface area contributed by atoms with E-state index in [0.29, 0.717) is 17.7 Å². The molecular weight excluding hydrogens is 242 g/mol. The first kappa shape index (κ1) is 15.0. The maximum absolute atomic E-state index is 12.0. The molecule has 4 heteroatoms. The summed E-state index contributed by atoms with van der Waals surface area (Å²) in [6.07, 6.45) is 2.97. The van der Waals surface area contributed by atoms with E-state index < -0.39 is 12.0 Å². The first-order valence-corrected chi connectivity index (χ1v) is 6.34. The summed E-state index contributed by atoms with van der Waals surface area (Å²) in [5, 5.41) is 11.7. The Morgan fingerprint density at radius 3 is 2.47 bits per heavy atom. The molecule has 1 rings (SSSR count). The summed E-state index contributed by atoms with van der Waals surface area (Å²) in [6, 6.07) is 8.22. The number of rotatable bonds is 7. The van der Waals surface area contributed by atoms with E-state index in [1.54, 1.807) is 31.2 Å². The predicted molar refractivity (Wildman–Crippen MR) is 74.0 cm³/mol. The lowest BCUT2D eigenvalue weighted by atomic mass is 10.1. The van der Waals surface area contributed by atoms with Crippen molar-refractivity contribution in [2.75, 3.05) is 0 Å². The number of hydrogen-bond acceptors (Lipinski definition) is 3. The van der Waals surface area contributed by atoms with Gasteiger partial charge in [-0.3, -0.25) is 9.59 Å². The summed E-state index contributed by atoms with van der Waals surface area (Å²) in [5.41, 5.74) is 1.26. The van der Waals surface area contributed by atoms with Gasteiger partial charge < -0.3 is 10.4 Å². The van der Waals surface area contributed by atoms with Gasteiger partial charge in [-0.2, -0.15) is 0 Å². The zero-order valence-corrected chi connectivity index (χ0v) is 11.2. The Morgan fingerprint density at radius 1 is 1.32 bits per heavy atom. The average molecular weight is 261 g/mol. The molecule has 1 aromatic carbocycles. The van der Waals surface area contributed by atoms with Crippen LogP contribution in [0.2, 0.25) is 0 Å². The molecule has 102 valence electrons. The van der Waals surface area contributed by atoms with Gasteiger partial charge in [-0.05, 0) is 13.3 Å². The second kappa shape index (κ2) is 7.36. The molecule has 1 atom stereocenters. The van der Waals surface area contributed by atoms with E-state index in [9.17, 15) is 9.59 Å². The molecule has 4 nitrogen and oxygen atoms in total. The Bertz CT molecular complexity index is 466. The summed E-state index contributed by atoms with van der Waals surface area (Å²) in [5.74, 6) is -1.05. The zero-order chi connectivity index (χ0) is 14.3. The van der Waals surface area contributed by atoms with Crippen LogP contribution in [0.25, 0.3) is 0 Å². The number of carboxylic acids is 1. The lowest BCUT2D eigenvalue weighted by Crippen LogP contribution is -2.33. The molecule has 0 heterocycles. The van der Waals surface area contributed by atoms with Crippen molar-refractivity contribution in [2.24, 2.45) is 0 Å². The van der Waals surface area contributed by atoms with Crippen molar-refractivity contribution < 1.29 is 14.7 Å². The van der Waals surface area contributed by atoms with E-state index in [4.69, 9.17) is 5.11 Å². The molecule has 0 aliphatic heterocycles. The van der Waals surface area contributed by atoms with Crippen molar-refractivity contribution in [1.29, 1.82) is 0 Å². The van der Waals surface area contributed by atoms with Gasteiger partial charge in [0.2, 0.25) is 0 Å². The Morgan fingerprint density at radius 2 is 1.95 bits per heavy atom. The highest BCUT2D eigenvalue weighted by molar-refractivity contribution is 6.04. The minimum Gasteiger partial charge on any atom is -0.480 e. The van der Waals surface area contributed by atoms with Crippen molar-refractivity contribution in [2.45, 2.75) is 32.7 Å². The topological polar surface area (TPSA) is 66.4 Å². The Labute approximate surface area is 113 Å². The van der Waals surface area contributed by atoms with Crippen LogP contribution in [-0.2, 0) is 4.79 Å². The highest BCUT2D eigenvalue weighted by atomic mass is 16.4. The second-order valence-electron chi connectivity index (χ2n) is 4.35. The van der Waals surface area contributed by atoms with E-state index in [-0.39, 0.29) is 5.78 Å². The van der Waals surface area contributed by atoms with Gasteiger partial charge >= 0.3 is 5.97 Å². The zero-order valence-electron chi connectivity index (χ0n) is 11.2. The van der Waals surface area contributed by atoms with Crippen LogP contribution in [0.4, 0.5) is 0 Å². The van der Waals surface area contributed by atoms with Crippen LogP contribution in [0, 0.1) is 0 Å². The van der Waals surface area contributed by atoms with Crippen LogP contribution >= 0.6 is 0 Å². The largest absolute Gasteiger partial charge is 0.480 e. The number of aliphatic carboxylic acids is 1. The molecule has 19 heavy (non-hydrogen) atoms. The lowest BCUT2D eigenvalue weighted by molar-refractivity contribution is -0.138. The Hall–Kier alpha value is -2.10. The lowest BCUT2D eigenvalue weighted by Gasteiger charge is -2.13. The molecule has 0 aromatic heterocycles. The molecule has 0 fully saturated rings. The molecule has 0 spiro atoms. The third-order valence-electron chi connectivity index (χ3n) is 2.66. The summed E-state index contributed by atoms with van der Waals surface area (Å²) in [6.45, 7) is 3.53. The maximum atomic E-state index is 12.0. The Kier molecular flexibility index (Phi) is 5.79. The van der Waals surface area contributed by atoms with Gasteiger partial charge in [0.25, 0.3) is 0 Å². The molecule has 0 saturated carbocycles. The fraction of sp³-hybridized carbons (Fsp3) is 0.333. The monoisotopic (exact) mass is 261 g/mol. The van der Waals surface area contributed by atoms with Gasteiger partial charge in [-0.25, -0.2) is 0 Å². The van der Waals surface area contributed by atoms with E-state index in [1.807, 2.05) is 13.0 Å². The van der Waals surface area contributed by atoms with Crippen LogP contribution in [-0.4, -0.2) is 22.9 Å². The SMILES string of the molecule is CCC/C(=C/C(=O)c1ccccc1)NC(C)C(=O)O. The smallest absolute Gasteiger partial charge is 0.325 e. The van der Waals surface area contributed by atoms with Gasteiger partial charge in [0.05, 0.1) is 0 Å². The van der Waals surface area contributed by atoms with Gasteiger partial charge in [-0.1, -0.05) is 43.7 Å². The third-order valence-corrected chi connectivity index (χ3v) is 2.66. The molecule has 2 N–H and O–H groups in total. The van der Waals surface area contributed by atoms with Gasteiger partial charge in [0, 0.05) is 17.3 Å². The van der Waals surface area contributed by atoms with E-state index in [0.717, 1.165) is 6.42 Å². The van der Waals surface area contributed by atoms with Crippen LogP contribution in [0.15, 0.2) is 42.1 Å². The molecule has 0 bridgehead atoms. The molecule has 0 aliphatic carbocycles. The highest BCUT2D eigenvalue weighted by Gasteiger charge is 2.12. The van der Waals surface area contributed by atoms with Gasteiger partial charge in [0.15, 0.2) is 5.78 Å². The summed E-state index contributed by atoms with van der Waals surface area (Å²) in [4.78, 5) is 22.8. The van der Waals surface area contributed by atoms with Gasteiger partial charge in [0.1, 0.15) is 6.04 Å². The normalized spacial score (nSPS) is 12.8. The second-order valence-corrected chi connectivity index (χ2v) is 4.35. The number of benzene rings is 1. The van der Waals surface area contributed by atoms with Crippen LogP contribution in [0.5, 0.6) is 0 Å². The fourth-order valence-electron chi connectivity index (χ4n) is 1.64. The first-order chi connectivity index (χ1) is 9.04. The van der Waals surface area contributed by atoms with Crippen molar-refractivity contribution >= 4 is 11.8 Å². The number of ketones is 1. The molecule has 1 aromatic rings. The molecule has 1 unspecified atom stereocenters. The van der Waals surface area contributed by atoms with E-state index in [2.05, 4.69) is 5.32 Å². The standard InChI is InChI=1S/C15H19NO3/c1-3-7-13(16-11(2)15(18)19)10-14(17)12-8-5-4-6-9-12/h4-6,8-11,16H,3,7H2,1-2H3,(H,18,19)/b13-10-. The number of allylic oxidation sites excluding steroid dienone is 2. The van der Waals surface area contributed by atoms with Crippen LogP contribution < -0.4 is 5.32 Å².